The molecule has 2 atom stereocenters. The van der Waals surface area contributed by atoms with Gasteiger partial charge in [0.25, 0.3) is 0 Å². The van der Waals surface area contributed by atoms with E-state index in [4.69, 9.17) is 0 Å². The van der Waals surface area contributed by atoms with Crippen LogP contribution in [0.25, 0.3) is 0 Å². The van der Waals surface area contributed by atoms with Gasteiger partial charge in [0.2, 0.25) is 0 Å². The van der Waals surface area contributed by atoms with Crippen molar-refractivity contribution in [3.63, 3.8) is 0 Å². The molecule has 0 spiro atoms. The van der Waals surface area contributed by atoms with Gasteiger partial charge in [0, 0.05) is 0 Å². The predicted molar refractivity (Wildman–Crippen MR) is 39.2 cm³/mol. The Morgan fingerprint density at radius 1 is 1.44 bits per heavy atom. The highest BCUT2D eigenvalue weighted by Gasteiger charge is 2.29. The molecule has 1 saturated carbocycles. The van der Waals surface area contributed by atoms with E-state index in [9.17, 15) is 0 Å². The van der Waals surface area contributed by atoms with Gasteiger partial charge < -0.3 is 0 Å². The third-order valence-electron chi connectivity index (χ3n) is 2.94. The third kappa shape index (κ3) is 0.726. The van der Waals surface area contributed by atoms with Crippen LogP contribution in [0.15, 0.2) is 11.6 Å². The fourth-order valence-corrected chi connectivity index (χ4v) is 2.32. The molecule has 2 aliphatic carbocycles. The summed E-state index contributed by atoms with van der Waals surface area (Å²) >= 11 is 0. The van der Waals surface area contributed by atoms with Crippen molar-refractivity contribution in [3.8, 4) is 0 Å². The molecular formula is C9H14. The Kier molecular flexibility index (Phi) is 1.14. The molecule has 0 aromatic rings. The second-order valence-corrected chi connectivity index (χ2v) is 3.48. The van der Waals surface area contributed by atoms with Crippen LogP contribution in [0, 0.1) is 11.8 Å². The Morgan fingerprint density at radius 3 is 3.11 bits per heavy atom. The Labute approximate surface area is 57.0 Å². The zero-order chi connectivity index (χ0) is 6.27. The molecule has 0 N–H and O–H groups in total. The molecule has 0 saturated heterocycles. The molecule has 9 heavy (non-hydrogen) atoms. The van der Waals surface area contributed by atoms with Crippen LogP contribution in [-0.2, 0) is 0 Å². The molecule has 50 valence electrons. The van der Waals surface area contributed by atoms with Crippen molar-refractivity contribution < 1.29 is 0 Å². The quantitative estimate of drug-likeness (QED) is 0.433. The minimum Gasteiger partial charge on any atom is -0.0850 e. The summed E-state index contributed by atoms with van der Waals surface area (Å²) in [5.41, 5.74) is 1.78. The average Bonchev–Trinajstić information content (AvgIpc) is 2.35. The molecule has 2 unspecified atom stereocenters. The van der Waals surface area contributed by atoms with Gasteiger partial charge in [-0.2, -0.15) is 0 Å². The van der Waals surface area contributed by atoms with Gasteiger partial charge in [-0.05, 0) is 37.5 Å². The third-order valence-corrected chi connectivity index (χ3v) is 2.94. The molecule has 2 rings (SSSR count). The van der Waals surface area contributed by atoms with Crippen LogP contribution >= 0.6 is 0 Å². The zero-order valence-electron chi connectivity index (χ0n) is 6.06. The van der Waals surface area contributed by atoms with Crippen molar-refractivity contribution in [1.29, 1.82) is 0 Å². The summed E-state index contributed by atoms with van der Waals surface area (Å²) in [5.74, 6) is 2.00. The van der Waals surface area contributed by atoms with Crippen LogP contribution in [0.5, 0.6) is 0 Å². The largest absolute Gasteiger partial charge is 0.0850 e. The van der Waals surface area contributed by atoms with Gasteiger partial charge in [0.15, 0.2) is 0 Å². The first kappa shape index (κ1) is 5.52. The zero-order valence-corrected chi connectivity index (χ0v) is 6.06. The minimum absolute atomic E-state index is 0.999. The van der Waals surface area contributed by atoms with Gasteiger partial charge in [0.05, 0.1) is 0 Å². The highest BCUT2D eigenvalue weighted by molar-refractivity contribution is 5.17. The summed E-state index contributed by atoms with van der Waals surface area (Å²) in [6.07, 6.45) is 8.15. The second-order valence-electron chi connectivity index (χ2n) is 3.48. The molecule has 1 fully saturated rings. The van der Waals surface area contributed by atoms with Crippen LogP contribution in [0.1, 0.15) is 32.6 Å². The van der Waals surface area contributed by atoms with Crippen molar-refractivity contribution in [1.82, 2.24) is 0 Å². The molecule has 2 aliphatic rings. The standard InChI is InChI=1S/C9H14/c1-7-5-6-8-3-2-4-9(7)8/h3,7,9H,2,4-6H2,1H3. The maximum atomic E-state index is 2.47. The lowest BCUT2D eigenvalue weighted by atomic mass is 9.96. The summed E-state index contributed by atoms with van der Waals surface area (Å²) < 4.78 is 0. The fourth-order valence-electron chi connectivity index (χ4n) is 2.32. The van der Waals surface area contributed by atoms with Crippen molar-refractivity contribution in [2.45, 2.75) is 32.6 Å². The lowest BCUT2D eigenvalue weighted by Gasteiger charge is -2.09. The summed E-state index contributed by atoms with van der Waals surface area (Å²) in [5, 5.41) is 0. The van der Waals surface area contributed by atoms with Gasteiger partial charge in [-0.3, -0.25) is 0 Å². The maximum Gasteiger partial charge on any atom is -0.0174 e. The first-order valence-corrected chi connectivity index (χ1v) is 4.07. The number of hydrogen-bond donors (Lipinski definition) is 0. The Bertz CT molecular complexity index is 144. The lowest BCUT2D eigenvalue weighted by molar-refractivity contribution is 0.450. The van der Waals surface area contributed by atoms with E-state index < -0.39 is 0 Å². The van der Waals surface area contributed by atoms with Crippen LogP contribution in [0.3, 0.4) is 0 Å². The fraction of sp³-hybridized carbons (Fsp3) is 0.778. The van der Waals surface area contributed by atoms with Gasteiger partial charge in [-0.1, -0.05) is 18.6 Å². The van der Waals surface area contributed by atoms with Crippen LogP contribution < -0.4 is 0 Å². The van der Waals surface area contributed by atoms with Gasteiger partial charge in [-0.15, -0.1) is 0 Å². The maximum absolute atomic E-state index is 2.47. The predicted octanol–water partition coefficient (Wildman–Crippen LogP) is 2.75. The molecule has 0 aromatic carbocycles. The van der Waals surface area contributed by atoms with Crippen molar-refractivity contribution in [2.24, 2.45) is 11.8 Å². The van der Waals surface area contributed by atoms with Crippen LogP contribution in [0.2, 0.25) is 0 Å². The summed E-state index contributed by atoms with van der Waals surface area (Å²) in [6, 6.07) is 0. The first-order valence-electron chi connectivity index (χ1n) is 4.07. The molecule has 0 aliphatic heterocycles. The molecule has 0 heteroatoms. The monoisotopic (exact) mass is 122 g/mol. The smallest absolute Gasteiger partial charge is 0.0174 e. The first-order chi connectivity index (χ1) is 4.38. The van der Waals surface area contributed by atoms with E-state index in [1.165, 1.54) is 25.7 Å². The van der Waals surface area contributed by atoms with Gasteiger partial charge in [-0.25, -0.2) is 0 Å². The molecule has 0 aromatic heterocycles. The van der Waals surface area contributed by atoms with Crippen LogP contribution in [0.4, 0.5) is 0 Å². The van der Waals surface area contributed by atoms with E-state index in [2.05, 4.69) is 13.0 Å². The highest BCUT2D eigenvalue weighted by Crippen LogP contribution is 2.43. The molecule has 0 amide bonds. The van der Waals surface area contributed by atoms with E-state index in [1.807, 2.05) is 0 Å². The summed E-state index contributed by atoms with van der Waals surface area (Å²) in [7, 11) is 0. The second kappa shape index (κ2) is 1.86. The summed E-state index contributed by atoms with van der Waals surface area (Å²) in [6.45, 7) is 2.40. The normalized spacial score (nSPS) is 40.8. The Morgan fingerprint density at radius 2 is 2.33 bits per heavy atom. The van der Waals surface area contributed by atoms with Crippen molar-refractivity contribution >= 4 is 0 Å². The Balaban J connectivity index is 2.20. The number of rotatable bonds is 0. The van der Waals surface area contributed by atoms with Crippen molar-refractivity contribution in [2.75, 3.05) is 0 Å². The molecule has 0 radical (unpaired) electrons. The summed E-state index contributed by atoms with van der Waals surface area (Å²) in [4.78, 5) is 0. The van der Waals surface area contributed by atoms with E-state index in [1.54, 1.807) is 5.57 Å². The van der Waals surface area contributed by atoms with E-state index in [0.717, 1.165) is 11.8 Å². The average molecular weight is 122 g/mol. The van der Waals surface area contributed by atoms with Crippen molar-refractivity contribution in [3.05, 3.63) is 11.6 Å². The molecule has 0 heterocycles. The van der Waals surface area contributed by atoms with Gasteiger partial charge >= 0.3 is 0 Å². The van der Waals surface area contributed by atoms with E-state index >= 15 is 0 Å². The molecule has 0 bridgehead atoms. The van der Waals surface area contributed by atoms with E-state index in [0.29, 0.717) is 0 Å². The van der Waals surface area contributed by atoms with Gasteiger partial charge in [0.1, 0.15) is 0 Å². The van der Waals surface area contributed by atoms with E-state index in [-0.39, 0.29) is 0 Å². The molecule has 0 nitrogen and oxygen atoms in total. The topological polar surface area (TPSA) is 0 Å². The lowest BCUT2D eigenvalue weighted by Crippen LogP contribution is -2.00. The SMILES string of the molecule is CC1CCC2=CCCC21. The minimum atomic E-state index is 0.999. The Hall–Kier alpha value is -0.260. The number of allylic oxidation sites excluding steroid dienone is 2. The number of fused-ring (bicyclic) bond motifs is 1. The van der Waals surface area contributed by atoms with Crippen LogP contribution in [-0.4, -0.2) is 0 Å². The highest BCUT2D eigenvalue weighted by atomic mass is 14.3. The number of hydrogen-bond acceptors (Lipinski definition) is 0. The molecular weight excluding hydrogens is 108 g/mol.